The molecule has 5 rings (SSSR count). The van der Waals surface area contributed by atoms with Crippen molar-refractivity contribution < 1.29 is 23.8 Å². The number of hydrogen-bond donors (Lipinski definition) is 1. The van der Waals surface area contributed by atoms with E-state index in [1.165, 1.54) is 7.11 Å². The number of nitrogens with one attached hydrogen (secondary N) is 1. The van der Waals surface area contributed by atoms with Gasteiger partial charge in [-0.05, 0) is 30.3 Å². The maximum absolute atomic E-state index is 13.6. The third-order valence-corrected chi connectivity index (χ3v) is 5.52. The van der Waals surface area contributed by atoms with Crippen LogP contribution < -0.4 is 24.4 Å². The number of nitrogens with zero attached hydrogens (tertiary/aromatic N) is 1. The van der Waals surface area contributed by atoms with Crippen molar-refractivity contribution in [3.05, 3.63) is 83.0 Å². The van der Waals surface area contributed by atoms with Crippen molar-refractivity contribution in [2.45, 2.75) is 0 Å². The zero-order chi connectivity index (χ0) is 22.2. The summed E-state index contributed by atoms with van der Waals surface area (Å²) in [6.07, 6.45) is 0. The Morgan fingerprint density at radius 1 is 0.938 bits per heavy atom. The molecule has 2 heterocycles. The highest BCUT2D eigenvalue weighted by atomic mass is 35.5. The number of ether oxygens (including phenoxy) is 3. The number of benzene rings is 3. The van der Waals surface area contributed by atoms with Crippen LogP contribution >= 0.6 is 11.6 Å². The topological polar surface area (TPSA) is 77.1 Å². The number of para-hydroxylation sites is 2. The molecule has 3 aromatic rings. The second-order valence-electron chi connectivity index (χ2n) is 7.04. The van der Waals surface area contributed by atoms with E-state index in [4.69, 9.17) is 25.8 Å². The van der Waals surface area contributed by atoms with Gasteiger partial charge in [-0.15, -0.1) is 0 Å². The Balaban J connectivity index is 1.64. The van der Waals surface area contributed by atoms with Crippen LogP contribution in [0.4, 0.5) is 11.4 Å². The first kappa shape index (κ1) is 20.0. The van der Waals surface area contributed by atoms with E-state index >= 15 is 0 Å². The fourth-order valence-corrected chi connectivity index (χ4v) is 3.94. The van der Waals surface area contributed by atoms with Crippen molar-refractivity contribution >= 4 is 40.4 Å². The van der Waals surface area contributed by atoms with Crippen molar-refractivity contribution in [1.82, 2.24) is 0 Å². The number of imide groups is 1. The summed E-state index contributed by atoms with van der Waals surface area (Å²) in [6.45, 7) is 0.131. The van der Waals surface area contributed by atoms with Gasteiger partial charge in [0, 0.05) is 17.3 Å². The Bertz CT molecular complexity index is 1290. The van der Waals surface area contributed by atoms with Crippen LogP contribution in [0.25, 0.3) is 5.57 Å². The molecular weight excluding hydrogens is 432 g/mol. The van der Waals surface area contributed by atoms with Gasteiger partial charge in [-0.2, -0.15) is 0 Å². The molecule has 32 heavy (non-hydrogen) atoms. The molecule has 7 nitrogen and oxygen atoms in total. The molecule has 0 fully saturated rings. The number of amides is 2. The highest BCUT2D eigenvalue weighted by Crippen LogP contribution is 2.40. The van der Waals surface area contributed by atoms with Gasteiger partial charge in [0.1, 0.15) is 11.4 Å². The van der Waals surface area contributed by atoms with E-state index in [1.807, 2.05) is 0 Å². The number of carbonyl (C=O) groups excluding carboxylic acids is 2. The monoisotopic (exact) mass is 448 g/mol. The minimum absolute atomic E-state index is 0.110. The predicted molar refractivity (Wildman–Crippen MR) is 120 cm³/mol. The van der Waals surface area contributed by atoms with Gasteiger partial charge >= 0.3 is 0 Å². The van der Waals surface area contributed by atoms with Gasteiger partial charge in [0.2, 0.25) is 6.79 Å². The number of halogens is 1. The molecule has 3 aromatic carbocycles. The number of fused-ring (bicyclic) bond motifs is 1. The van der Waals surface area contributed by atoms with Crippen molar-refractivity contribution in [3.8, 4) is 17.2 Å². The number of carbonyl (C=O) groups is 2. The second kappa shape index (κ2) is 7.94. The Kier molecular flexibility index (Phi) is 4.95. The lowest BCUT2D eigenvalue weighted by Crippen LogP contribution is -2.32. The third kappa shape index (κ3) is 3.23. The summed E-state index contributed by atoms with van der Waals surface area (Å²) in [4.78, 5) is 28.2. The minimum Gasteiger partial charge on any atom is -0.496 e. The van der Waals surface area contributed by atoms with Gasteiger partial charge in [0.25, 0.3) is 11.8 Å². The van der Waals surface area contributed by atoms with E-state index < -0.39 is 11.8 Å². The molecule has 0 spiro atoms. The van der Waals surface area contributed by atoms with Gasteiger partial charge in [-0.1, -0.05) is 41.9 Å². The maximum Gasteiger partial charge on any atom is 0.282 e. The molecule has 2 aliphatic heterocycles. The molecule has 0 atom stereocenters. The van der Waals surface area contributed by atoms with E-state index in [9.17, 15) is 9.59 Å². The predicted octanol–water partition coefficient (Wildman–Crippen LogP) is 4.47. The molecule has 0 saturated heterocycles. The van der Waals surface area contributed by atoms with Gasteiger partial charge < -0.3 is 19.5 Å². The molecule has 2 amide bonds. The zero-order valence-electron chi connectivity index (χ0n) is 16.9. The standard InChI is InChI=1S/C24H17ClN2O5/c1-30-18-9-5-2-6-15(18)21-22(26-14-10-11-19-20(12-14)32-13-31-19)24(29)27(23(21)28)17-8-4-3-7-16(17)25/h2-12,26H,13H2,1H3. The van der Waals surface area contributed by atoms with Gasteiger partial charge in [0.05, 0.1) is 23.4 Å². The van der Waals surface area contributed by atoms with Crippen molar-refractivity contribution in [1.29, 1.82) is 0 Å². The lowest BCUT2D eigenvalue weighted by atomic mass is 10.0. The van der Waals surface area contributed by atoms with Crippen molar-refractivity contribution in [2.24, 2.45) is 0 Å². The van der Waals surface area contributed by atoms with Crippen LogP contribution in [0.2, 0.25) is 5.02 Å². The normalized spacial score (nSPS) is 14.9. The molecule has 160 valence electrons. The smallest absolute Gasteiger partial charge is 0.282 e. The van der Waals surface area contributed by atoms with Crippen LogP contribution in [0, 0.1) is 0 Å². The Morgan fingerprint density at radius 3 is 2.50 bits per heavy atom. The number of anilines is 2. The Morgan fingerprint density at radius 2 is 1.69 bits per heavy atom. The molecule has 0 bridgehead atoms. The summed E-state index contributed by atoms with van der Waals surface area (Å²) >= 11 is 6.32. The van der Waals surface area contributed by atoms with Crippen LogP contribution in [0.3, 0.4) is 0 Å². The molecule has 8 heteroatoms. The van der Waals surface area contributed by atoms with Crippen molar-refractivity contribution in [3.63, 3.8) is 0 Å². The second-order valence-corrected chi connectivity index (χ2v) is 7.45. The number of hydrogen-bond acceptors (Lipinski definition) is 6. The SMILES string of the molecule is COc1ccccc1C1=C(Nc2ccc3c(c2)OCO3)C(=O)N(c2ccccc2Cl)C1=O. The van der Waals surface area contributed by atoms with E-state index in [-0.39, 0.29) is 23.1 Å². The van der Waals surface area contributed by atoms with E-state index in [1.54, 1.807) is 66.7 Å². The quantitative estimate of drug-likeness (QED) is 0.580. The minimum atomic E-state index is -0.526. The van der Waals surface area contributed by atoms with Crippen LogP contribution in [-0.2, 0) is 9.59 Å². The fraction of sp³-hybridized carbons (Fsp3) is 0.0833. The molecule has 2 aliphatic rings. The van der Waals surface area contributed by atoms with E-state index in [0.29, 0.717) is 34.2 Å². The van der Waals surface area contributed by atoms with E-state index in [2.05, 4.69) is 5.32 Å². The van der Waals surface area contributed by atoms with E-state index in [0.717, 1.165) is 4.90 Å². The Hall–Kier alpha value is -3.97. The molecule has 0 aromatic heterocycles. The highest BCUT2D eigenvalue weighted by molar-refractivity contribution is 6.48. The Labute approximate surface area is 188 Å². The number of methoxy groups -OCH3 is 1. The van der Waals surface area contributed by atoms with Crippen LogP contribution in [-0.4, -0.2) is 25.7 Å². The summed E-state index contributed by atoms with van der Waals surface area (Å²) < 4.78 is 16.2. The molecule has 0 radical (unpaired) electrons. The summed E-state index contributed by atoms with van der Waals surface area (Å²) in [5, 5.41) is 3.39. The summed E-state index contributed by atoms with van der Waals surface area (Å²) in [6, 6.07) is 18.9. The first-order chi connectivity index (χ1) is 15.6. The van der Waals surface area contributed by atoms with Crippen LogP contribution in [0.1, 0.15) is 5.56 Å². The maximum atomic E-state index is 13.6. The van der Waals surface area contributed by atoms with Gasteiger partial charge in [0.15, 0.2) is 11.5 Å². The fourth-order valence-electron chi connectivity index (χ4n) is 3.72. The third-order valence-electron chi connectivity index (χ3n) is 5.20. The number of rotatable bonds is 5. The average molecular weight is 449 g/mol. The molecule has 0 unspecified atom stereocenters. The van der Waals surface area contributed by atoms with Crippen molar-refractivity contribution in [2.75, 3.05) is 24.1 Å². The van der Waals surface area contributed by atoms with Crippen LogP contribution in [0.5, 0.6) is 17.2 Å². The molecule has 0 saturated carbocycles. The average Bonchev–Trinajstić information content (AvgIpc) is 3.36. The first-order valence-corrected chi connectivity index (χ1v) is 10.1. The molecule has 0 aliphatic carbocycles. The largest absolute Gasteiger partial charge is 0.496 e. The summed E-state index contributed by atoms with van der Waals surface area (Å²) in [7, 11) is 1.51. The van der Waals surface area contributed by atoms with Gasteiger partial charge in [-0.25, -0.2) is 4.90 Å². The zero-order valence-corrected chi connectivity index (χ0v) is 17.7. The lowest BCUT2D eigenvalue weighted by molar-refractivity contribution is -0.120. The van der Waals surface area contributed by atoms with Gasteiger partial charge in [-0.3, -0.25) is 9.59 Å². The highest BCUT2D eigenvalue weighted by Gasteiger charge is 2.42. The van der Waals surface area contributed by atoms with Crippen LogP contribution in [0.15, 0.2) is 72.4 Å². The summed E-state index contributed by atoms with van der Waals surface area (Å²) in [5.74, 6) is 0.599. The lowest BCUT2D eigenvalue weighted by Gasteiger charge is -2.17. The molecular formula is C24H17ClN2O5. The summed E-state index contributed by atoms with van der Waals surface area (Å²) in [5.41, 5.74) is 1.66. The molecule has 1 N–H and O–H groups in total. The first-order valence-electron chi connectivity index (χ1n) is 9.76.